The molecule has 2 aromatic carbocycles. The Bertz CT molecular complexity index is 1160. The maximum absolute atomic E-state index is 12.8. The summed E-state index contributed by atoms with van der Waals surface area (Å²) < 4.78 is 5.79. The van der Waals surface area contributed by atoms with Gasteiger partial charge in [-0.2, -0.15) is 0 Å². The molecule has 0 aliphatic carbocycles. The Hall–Kier alpha value is -3.16. The summed E-state index contributed by atoms with van der Waals surface area (Å²) in [5, 5.41) is 6.14. The van der Waals surface area contributed by atoms with Crippen molar-refractivity contribution in [2.75, 3.05) is 0 Å². The van der Waals surface area contributed by atoms with Gasteiger partial charge in [0.25, 0.3) is 5.91 Å². The SMILES string of the molecule is Cc1nc(CSc2ccccc2C(=O)NCc2ccc(OCc3cccnc3)cc2)cs1. The maximum atomic E-state index is 12.8. The Labute approximate surface area is 195 Å². The number of hydrogen-bond donors (Lipinski definition) is 1. The lowest BCUT2D eigenvalue weighted by molar-refractivity contribution is 0.0948. The smallest absolute Gasteiger partial charge is 0.252 e. The van der Waals surface area contributed by atoms with Crippen LogP contribution in [0.4, 0.5) is 0 Å². The second kappa shape index (κ2) is 10.9. The van der Waals surface area contributed by atoms with Gasteiger partial charge < -0.3 is 10.1 Å². The van der Waals surface area contributed by atoms with Crippen LogP contribution in [0.1, 0.15) is 32.2 Å². The lowest BCUT2D eigenvalue weighted by Crippen LogP contribution is -2.23. The highest BCUT2D eigenvalue weighted by molar-refractivity contribution is 7.98. The molecule has 4 rings (SSSR count). The highest BCUT2D eigenvalue weighted by Gasteiger charge is 2.12. The fourth-order valence-electron chi connectivity index (χ4n) is 3.04. The molecule has 2 aromatic heterocycles. The molecule has 32 heavy (non-hydrogen) atoms. The predicted octanol–water partition coefficient (Wildman–Crippen LogP) is 5.65. The van der Waals surface area contributed by atoms with Crippen molar-refractivity contribution in [2.45, 2.75) is 30.7 Å². The Morgan fingerprint density at radius 3 is 2.66 bits per heavy atom. The van der Waals surface area contributed by atoms with Crippen molar-refractivity contribution in [3.8, 4) is 5.75 Å². The van der Waals surface area contributed by atoms with E-state index in [2.05, 4.69) is 20.7 Å². The molecular weight excluding hydrogens is 438 g/mol. The quantitative estimate of drug-likeness (QED) is 0.327. The monoisotopic (exact) mass is 461 g/mol. The van der Waals surface area contributed by atoms with Gasteiger partial charge >= 0.3 is 0 Å². The summed E-state index contributed by atoms with van der Waals surface area (Å²) in [6.45, 7) is 2.92. The summed E-state index contributed by atoms with van der Waals surface area (Å²) in [6, 6.07) is 19.3. The number of aromatic nitrogens is 2. The third-order valence-corrected chi connectivity index (χ3v) is 6.61. The fraction of sp³-hybridized carbons (Fsp3) is 0.160. The number of carbonyl (C=O) groups is 1. The van der Waals surface area contributed by atoms with E-state index in [1.165, 1.54) is 0 Å². The molecule has 1 N–H and O–H groups in total. The number of benzene rings is 2. The van der Waals surface area contributed by atoms with Crippen LogP contribution in [0.2, 0.25) is 0 Å². The van der Waals surface area contributed by atoms with E-state index in [1.807, 2.05) is 67.6 Å². The van der Waals surface area contributed by atoms with Crippen LogP contribution in [-0.2, 0) is 18.9 Å². The van der Waals surface area contributed by atoms with Gasteiger partial charge in [0, 0.05) is 40.5 Å². The van der Waals surface area contributed by atoms with Gasteiger partial charge in [0.2, 0.25) is 0 Å². The van der Waals surface area contributed by atoms with E-state index >= 15 is 0 Å². The largest absolute Gasteiger partial charge is 0.489 e. The summed E-state index contributed by atoms with van der Waals surface area (Å²) in [4.78, 5) is 22.3. The molecule has 162 valence electrons. The van der Waals surface area contributed by atoms with Crippen LogP contribution in [0.5, 0.6) is 5.75 Å². The first-order valence-corrected chi connectivity index (χ1v) is 12.1. The highest BCUT2D eigenvalue weighted by atomic mass is 32.2. The number of thiazole rings is 1. The molecule has 2 heterocycles. The molecule has 4 aromatic rings. The van der Waals surface area contributed by atoms with Gasteiger partial charge in [0.15, 0.2) is 0 Å². The molecule has 0 radical (unpaired) electrons. The number of pyridine rings is 1. The third kappa shape index (κ3) is 6.18. The van der Waals surface area contributed by atoms with E-state index in [1.54, 1.807) is 35.5 Å². The van der Waals surface area contributed by atoms with Crippen molar-refractivity contribution in [3.05, 3.63) is 106 Å². The molecule has 0 aliphatic rings. The van der Waals surface area contributed by atoms with Crippen LogP contribution in [0, 0.1) is 6.92 Å². The van der Waals surface area contributed by atoms with Gasteiger partial charge in [-0.05, 0) is 42.8 Å². The first-order valence-electron chi connectivity index (χ1n) is 10.2. The molecule has 0 aliphatic heterocycles. The number of nitrogens with one attached hydrogen (secondary N) is 1. The zero-order valence-corrected chi connectivity index (χ0v) is 19.3. The van der Waals surface area contributed by atoms with Gasteiger partial charge in [0.1, 0.15) is 12.4 Å². The first kappa shape index (κ1) is 22.0. The topological polar surface area (TPSA) is 64.1 Å². The first-order chi connectivity index (χ1) is 15.7. The van der Waals surface area contributed by atoms with Crippen molar-refractivity contribution in [2.24, 2.45) is 0 Å². The molecule has 0 spiro atoms. The van der Waals surface area contributed by atoms with Crippen LogP contribution in [-0.4, -0.2) is 15.9 Å². The van der Waals surface area contributed by atoms with Crippen molar-refractivity contribution in [3.63, 3.8) is 0 Å². The van der Waals surface area contributed by atoms with Crippen LogP contribution >= 0.6 is 23.1 Å². The van der Waals surface area contributed by atoms with E-state index in [0.29, 0.717) is 18.7 Å². The Morgan fingerprint density at radius 1 is 1.06 bits per heavy atom. The lowest BCUT2D eigenvalue weighted by Gasteiger charge is -2.10. The molecule has 0 bridgehead atoms. The Morgan fingerprint density at radius 2 is 1.91 bits per heavy atom. The molecule has 0 unspecified atom stereocenters. The average Bonchev–Trinajstić information content (AvgIpc) is 3.26. The number of carbonyl (C=O) groups excluding carboxylic acids is 1. The molecule has 0 atom stereocenters. The Kier molecular flexibility index (Phi) is 7.53. The third-order valence-electron chi connectivity index (χ3n) is 4.68. The minimum absolute atomic E-state index is 0.0838. The van der Waals surface area contributed by atoms with Gasteiger partial charge in [-0.1, -0.05) is 30.3 Å². The predicted molar refractivity (Wildman–Crippen MR) is 129 cm³/mol. The van der Waals surface area contributed by atoms with Crippen molar-refractivity contribution >= 4 is 29.0 Å². The van der Waals surface area contributed by atoms with Crippen LogP contribution < -0.4 is 10.1 Å². The highest BCUT2D eigenvalue weighted by Crippen LogP contribution is 2.27. The number of nitrogens with zero attached hydrogens (tertiary/aromatic N) is 2. The standard InChI is InChI=1S/C25H23N3O2S2/c1-18-28-21(16-31-18)17-32-24-7-3-2-6-23(24)25(29)27-14-19-8-10-22(11-9-19)30-15-20-5-4-12-26-13-20/h2-13,16H,14-15,17H2,1H3,(H,27,29). The van der Waals surface area contributed by atoms with Gasteiger partial charge in [-0.15, -0.1) is 23.1 Å². The number of ether oxygens (including phenoxy) is 1. The molecule has 5 nitrogen and oxygen atoms in total. The molecule has 0 fully saturated rings. The van der Waals surface area contributed by atoms with E-state index < -0.39 is 0 Å². The van der Waals surface area contributed by atoms with Gasteiger partial charge in [-0.3, -0.25) is 9.78 Å². The van der Waals surface area contributed by atoms with E-state index in [9.17, 15) is 4.79 Å². The summed E-state index contributed by atoms with van der Waals surface area (Å²) in [6.07, 6.45) is 3.53. The zero-order valence-electron chi connectivity index (χ0n) is 17.7. The van der Waals surface area contributed by atoms with Crippen LogP contribution in [0.15, 0.2) is 83.3 Å². The van der Waals surface area contributed by atoms with Crippen LogP contribution in [0.25, 0.3) is 0 Å². The minimum atomic E-state index is -0.0838. The lowest BCUT2D eigenvalue weighted by atomic mass is 10.2. The summed E-state index contributed by atoms with van der Waals surface area (Å²) in [5.41, 5.74) is 3.75. The number of thioether (sulfide) groups is 1. The fourth-order valence-corrected chi connectivity index (χ4v) is 4.70. The van der Waals surface area contributed by atoms with Crippen molar-refractivity contribution < 1.29 is 9.53 Å². The average molecular weight is 462 g/mol. The van der Waals surface area contributed by atoms with E-state index in [-0.39, 0.29) is 5.91 Å². The second-order valence-electron chi connectivity index (χ2n) is 7.12. The number of aryl methyl sites for hydroxylation is 1. The Balaban J connectivity index is 1.30. The summed E-state index contributed by atoms with van der Waals surface area (Å²) >= 11 is 3.27. The van der Waals surface area contributed by atoms with Crippen LogP contribution in [0.3, 0.4) is 0 Å². The normalized spacial score (nSPS) is 10.7. The van der Waals surface area contributed by atoms with E-state index in [4.69, 9.17) is 4.74 Å². The summed E-state index contributed by atoms with van der Waals surface area (Å²) in [5.74, 6) is 1.44. The number of rotatable bonds is 9. The number of hydrogen-bond acceptors (Lipinski definition) is 6. The zero-order chi connectivity index (χ0) is 22.2. The summed E-state index contributed by atoms with van der Waals surface area (Å²) in [7, 11) is 0. The maximum Gasteiger partial charge on any atom is 0.252 e. The van der Waals surface area contributed by atoms with Gasteiger partial charge in [-0.25, -0.2) is 4.98 Å². The van der Waals surface area contributed by atoms with Gasteiger partial charge in [0.05, 0.1) is 16.3 Å². The molecule has 1 amide bonds. The van der Waals surface area contributed by atoms with E-state index in [0.717, 1.165) is 38.2 Å². The number of amides is 1. The molecule has 7 heteroatoms. The minimum Gasteiger partial charge on any atom is -0.489 e. The molecule has 0 saturated carbocycles. The second-order valence-corrected chi connectivity index (χ2v) is 9.20. The van der Waals surface area contributed by atoms with Crippen molar-refractivity contribution in [1.29, 1.82) is 0 Å². The molecular formula is C25H23N3O2S2. The van der Waals surface area contributed by atoms with Crippen molar-refractivity contribution in [1.82, 2.24) is 15.3 Å². The molecule has 0 saturated heterocycles.